The maximum Gasteiger partial charge on any atom is 0.319 e. The van der Waals surface area contributed by atoms with Crippen LogP contribution in [-0.4, -0.2) is 36.8 Å². The summed E-state index contributed by atoms with van der Waals surface area (Å²) in [4.78, 5) is 23.7. The molecule has 0 aromatic heterocycles. The molecule has 0 saturated carbocycles. The lowest BCUT2D eigenvalue weighted by atomic mass is 9.76. The van der Waals surface area contributed by atoms with Crippen LogP contribution in [0.1, 0.15) is 19.8 Å². The SMILES string of the molecule is CCOC(=O)C1(C(=O)CBr)CCNCC1. The van der Waals surface area contributed by atoms with Crippen molar-refractivity contribution < 1.29 is 14.3 Å². The number of alkyl halides is 1. The van der Waals surface area contributed by atoms with E-state index in [0.717, 1.165) is 0 Å². The Morgan fingerprint density at radius 2 is 2.00 bits per heavy atom. The van der Waals surface area contributed by atoms with Crippen LogP contribution in [0.25, 0.3) is 0 Å². The smallest absolute Gasteiger partial charge is 0.319 e. The number of hydrogen-bond donors (Lipinski definition) is 1. The first-order valence-corrected chi connectivity index (χ1v) is 6.26. The highest BCUT2D eigenvalue weighted by atomic mass is 79.9. The Morgan fingerprint density at radius 3 is 2.47 bits per heavy atom. The average molecular weight is 278 g/mol. The van der Waals surface area contributed by atoms with Crippen molar-refractivity contribution in [2.45, 2.75) is 19.8 Å². The molecule has 5 heteroatoms. The maximum absolute atomic E-state index is 11.8. The molecule has 0 atom stereocenters. The molecule has 0 aromatic carbocycles. The number of ether oxygens (including phenoxy) is 1. The topological polar surface area (TPSA) is 55.4 Å². The van der Waals surface area contributed by atoms with Gasteiger partial charge in [-0.25, -0.2) is 0 Å². The van der Waals surface area contributed by atoms with Gasteiger partial charge in [0.25, 0.3) is 0 Å². The van der Waals surface area contributed by atoms with Crippen molar-refractivity contribution in [1.29, 1.82) is 0 Å². The lowest BCUT2D eigenvalue weighted by Gasteiger charge is -2.33. The van der Waals surface area contributed by atoms with Crippen molar-refractivity contribution >= 4 is 27.7 Å². The highest BCUT2D eigenvalue weighted by Gasteiger charge is 2.46. The normalized spacial score (nSPS) is 19.6. The van der Waals surface area contributed by atoms with E-state index in [9.17, 15) is 9.59 Å². The van der Waals surface area contributed by atoms with E-state index in [2.05, 4.69) is 21.2 Å². The third-order valence-corrected chi connectivity index (χ3v) is 3.29. The number of esters is 1. The van der Waals surface area contributed by atoms with Gasteiger partial charge in [-0.3, -0.25) is 9.59 Å². The second-order valence-corrected chi connectivity index (χ2v) is 4.17. The predicted molar refractivity (Wildman–Crippen MR) is 60.0 cm³/mol. The zero-order valence-electron chi connectivity index (χ0n) is 8.85. The molecule has 1 N–H and O–H groups in total. The van der Waals surface area contributed by atoms with Crippen molar-refractivity contribution in [2.24, 2.45) is 5.41 Å². The number of halogens is 1. The molecule has 1 fully saturated rings. The Bertz CT molecular complexity index is 249. The fourth-order valence-corrected chi connectivity index (χ4v) is 2.38. The Morgan fingerprint density at radius 1 is 1.40 bits per heavy atom. The molecule has 1 rings (SSSR count). The van der Waals surface area contributed by atoms with E-state index in [4.69, 9.17) is 4.74 Å². The van der Waals surface area contributed by atoms with Crippen LogP contribution >= 0.6 is 15.9 Å². The quantitative estimate of drug-likeness (QED) is 0.471. The highest BCUT2D eigenvalue weighted by molar-refractivity contribution is 9.09. The summed E-state index contributed by atoms with van der Waals surface area (Å²) in [6, 6.07) is 0. The van der Waals surface area contributed by atoms with Gasteiger partial charge in [-0.05, 0) is 32.9 Å². The standard InChI is InChI=1S/C10H16BrNO3/c1-2-15-9(14)10(8(13)7-11)3-5-12-6-4-10/h12H,2-7H2,1H3. The van der Waals surface area contributed by atoms with Gasteiger partial charge in [0.05, 0.1) is 11.9 Å². The predicted octanol–water partition coefficient (Wildman–Crippen LogP) is 0.883. The molecule has 0 aromatic rings. The molecule has 86 valence electrons. The second kappa shape index (κ2) is 5.61. The number of rotatable bonds is 4. The summed E-state index contributed by atoms with van der Waals surface area (Å²) in [5.74, 6) is -0.432. The highest BCUT2D eigenvalue weighted by Crippen LogP contribution is 2.32. The van der Waals surface area contributed by atoms with E-state index >= 15 is 0 Å². The summed E-state index contributed by atoms with van der Waals surface area (Å²) >= 11 is 3.13. The number of carbonyl (C=O) groups is 2. The molecule has 0 aliphatic carbocycles. The van der Waals surface area contributed by atoms with Crippen LogP contribution in [-0.2, 0) is 14.3 Å². The zero-order chi connectivity index (χ0) is 11.3. The molecule has 0 amide bonds. The van der Waals surface area contributed by atoms with Crippen LogP contribution in [0.5, 0.6) is 0 Å². The van der Waals surface area contributed by atoms with Gasteiger partial charge in [-0.2, -0.15) is 0 Å². The number of ketones is 1. The van der Waals surface area contributed by atoms with Crippen molar-refractivity contribution in [3.8, 4) is 0 Å². The third kappa shape index (κ3) is 2.58. The molecule has 0 radical (unpaired) electrons. The van der Waals surface area contributed by atoms with Crippen molar-refractivity contribution in [2.75, 3.05) is 25.0 Å². The van der Waals surface area contributed by atoms with Crippen molar-refractivity contribution in [1.82, 2.24) is 5.32 Å². The van der Waals surface area contributed by atoms with Crippen LogP contribution in [0.3, 0.4) is 0 Å². The number of Topliss-reactive ketones (excluding diaryl/α,β-unsaturated/α-hetero) is 1. The number of hydrogen-bond acceptors (Lipinski definition) is 4. The van der Waals surface area contributed by atoms with Crippen molar-refractivity contribution in [3.63, 3.8) is 0 Å². The number of carbonyl (C=O) groups excluding carboxylic acids is 2. The molecule has 1 heterocycles. The Hall–Kier alpha value is -0.420. The van der Waals surface area contributed by atoms with E-state index in [1.807, 2.05) is 0 Å². The van der Waals surface area contributed by atoms with Gasteiger partial charge in [0.1, 0.15) is 5.41 Å². The fourth-order valence-electron chi connectivity index (χ4n) is 1.85. The van der Waals surface area contributed by atoms with E-state index in [1.54, 1.807) is 6.92 Å². The van der Waals surface area contributed by atoms with Gasteiger partial charge >= 0.3 is 5.97 Å². The third-order valence-electron chi connectivity index (χ3n) is 2.78. The fraction of sp³-hybridized carbons (Fsp3) is 0.800. The van der Waals surface area contributed by atoms with Gasteiger partial charge in [-0.15, -0.1) is 0 Å². The summed E-state index contributed by atoms with van der Waals surface area (Å²) < 4.78 is 5.00. The minimum Gasteiger partial charge on any atom is -0.465 e. The minimum absolute atomic E-state index is 0.0672. The molecular formula is C10H16BrNO3. The maximum atomic E-state index is 11.8. The zero-order valence-corrected chi connectivity index (χ0v) is 10.4. The number of nitrogens with one attached hydrogen (secondary N) is 1. The average Bonchev–Trinajstić information content (AvgIpc) is 2.29. The first-order valence-electron chi connectivity index (χ1n) is 5.14. The molecule has 1 aliphatic heterocycles. The summed E-state index contributed by atoms with van der Waals surface area (Å²) in [7, 11) is 0. The van der Waals surface area contributed by atoms with E-state index < -0.39 is 5.41 Å². The Labute approximate surface area is 97.9 Å². The molecule has 1 saturated heterocycles. The van der Waals surface area contributed by atoms with E-state index in [0.29, 0.717) is 32.5 Å². The van der Waals surface area contributed by atoms with Gasteiger partial charge in [0.2, 0.25) is 0 Å². The minimum atomic E-state index is -0.912. The van der Waals surface area contributed by atoms with E-state index in [-0.39, 0.29) is 17.1 Å². The van der Waals surface area contributed by atoms with Gasteiger partial charge in [-0.1, -0.05) is 15.9 Å². The Balaban J connectivity index is 2.84. The Kier molecular flexibility index (Phi) is 4.73. The number of piperidine rings is 1. The molecule has 4 nitrogen and oxygen atoms in total. The van der Waals surface area contributed by atoms with Crippen molar-refractivity contribution in [3.05, 3.63) is 0 Å². The van der Waals surface area contributed by atoms with Crippen LogP contribution in [0, 0.1) is 5.41 Å². The first-order chi connectivity index (χ1) is 7.17. The monoisotopic (exact) mass is 277 g/mol. The van der Waals surface area contributed by atoms with E-state index in [1.165, 1.54) is 0 Å². The largest absolute Gasteiger partial charge is 0.465 e. The van der Waals surface area contributed by atoms with Crippen LogP contribution in [0.4, 0.5) is 0 Å². The van der Waals surface area contributed by atoms with Gasteiger partial charge < -0.3 is 10.1 Å². The molecule has 0 spiro atoms. The van der Waals surface area contributed by atoms with Crippen LogP contribution in [0.2, 0.25) is 0 Å². The van der Waals surface area contributed by atoms with Crippen LogP contribution in [0.15, 0.2) is 0 Å². The molecule has 0 bridgehead atoms. The molecule has 0 unspecified atom stereocenters. The lowest BCUT2D eigenvalue weighted by Crippen LogP contribution is -2.48. The first kappa shape index (κ1) is 12.6. The summed E-state index contributed by atoms with van der Waals surface area (Å²) in [6.07, 6.45) is 1.08. The molecule has 15 heavy (non-hydrogen) atoms. The van der Waals surface area contributed by atoms with Gasteiger partial charge in [0, 0.05) is 0 Å². The summed E-state index contributed by atoms with van der Waals surface area (Å²) in [5, 5.41) is 3.35. The summed E-state index contributed by atoms with van der Waals surface area (Å²) in [6.45, 7) is 3.46. The lowest BCUT2D eigenvalue weighted by molar-refractivity contribution is -0.161. The summed E-state index contributed by atoms with van der Waals surface area (Å²) in [5.41, 5.74) is -0.912. The molecular weight excluding hydrogens is 262 g/mol. The molecule has 1 aliphatic rings. The van der Waals surface area contributed by atoms with Crippen LogP contribution < -0.4 is 5.32 Å². The second-order valence-electron chi connectivity index (χ2n) is 3.61. The van der Waals surface area contributed by atoms with Gasteiger partial charge in [0.15, 0.2) is 5.78 Å².